The highest BCUT2D eigenvalue weighted by Crippen LogP contribution is 2.39. The van der Waals surface area contributed by atoms with E-state index in [1.165, 1.54) is 6.42 Å². The fourth-order valence-corrected chi connectivity index (χ4v) is 3.52. The van der Waals surface area contributed by atoms with Crippen LogP contribution in [0.5, 0.6) is 5.75 Å². The van der Waals surface area contributed by atoms with Crippen molar-refractivity contribution in [3.05, 3.63) is 24.3 Å². The summed E-state index contributed by atoms with van der Waals surface area (Å²) < 4.78 is 5.74. The van der Waals surface area contributed by atoms with Gasteiger partial charge in [-0.25, -0.2) is 4.99 Å². The van der Waals surface area contributed by atoms with Gasteiger partial charge in [0, 0.05) is 5.69 Å². The summed E-state index contributed by atoms with van der Waals surface area (Å²) in [5.41, 5.74) is 12.7. The van der Waals surface area contributed by atoms with Gasteiger partial charge in [0.05, 0.1) is 6.61 Å². The summed E-state index contributed by atoms with van der Waals surface area (Å²) in [4.78, 5) is 10.9. The van der Waals surface area contributed by atoms with E-state index in [9.17, 15) is 0 Å². The normalized spacial score (nSPS) is 19.0. The van der Waals surface area contributed by atoms with Crippen molar-refractivity contribution in [1.82, 2.24) is 0 Å². The molecule has 7 heteroatoms. The predicted molar refractivity (Wildman–Crippen MR) is 106 cm³/mol. The summed E-state index contributed by atoms with van der Waals surface area (Å²) in [6, 6.07) is 8.01. The van der Waals surface area contributed by atoms with Gasteiger partial charge in [-0.2, -0.15) is 4.99 Å². The number of guanidine groups is 2. The van der Waals surface area contributed by atoms with E-state index >= 15 is 0 Å². The Kier molecular flexibility index (Phi) is 6.53. The molecule has 0 amide bonds. The maximum Gasteiger partial charge on any atom is 0.220 e. The lowest BCUT2D eigenvalue weighted by Crippen LogP contribution is -2.58. The van der Waals surface area contributed by atoms with Crippen molar-refractivity contribution in [2.45, 2.75) is 57.5 Å². The zero-order chi connectivity index (χ0) is 17.0. The molecule has 25 heavy (non-hydrogen) atoms. The summed E-state index contributed by atoms with van der Waals surface area (Å²) in [5.74, 6) is 1.58. The SMILES string of the molecule is CCCCOc1ccc(N2C(N)=NC(N)=NC23CCCCC3)cc1.Cl. The van der Waals surface area contributed by atoms with Crippen molar-refractivity contribution >= 4 is 30.0 Å². The molecular formula is C18H28ClN5O. The third kappa shape index (κ3) is 4.18. The molecule has 0 unspecified atom stereocenters. The van der Waals surface area contributed by atoms with Crippen LogP contribution in [0.15, 0.2) is 34.3 Å². The molecule has 0 radical (unpaired) electrons. The van der Waals surface area contributed by atoms with Crippen LogP contribution in [0.3, 0.4) is 0 Å². The van der Waals surface area contributed by atoms with Crippen molar-refractivity contribution in [2.24, 2.45) is 21.5 Å². The van der Waals surface area contributed by atoms with Gasteiger partial charge in [-0.05, 0) is 56.4 Å². The Balaban J connectivity index is 0.00000225. The Morgan fingerprint density at radius 2 is 1.80 bits per heavy atom. The molecule has 6 nitrogen and oxygen atoms in total. The Morgan fingerprint density at radius 1 is 1.12 bits per heavy atom. The first-order valence-electron chi connectivity index (χ1n) is 8.87. The largest absolute Gasteiger partial charge is 0.494 e. The van der Waals surface area contributed by atoms with Crippen molar-refractivity contribution in [3.63, 3.8) is 0 Å². The predicted octanol–water partition coefficient (Wildman–Crippen LogP) is 3.40. The lowest BCUT2D eigenvalue weighted by molar-refractivity contribution is 0.304. The topological polar surface area (TPSA) is 89.2 Å². The molecule has 1 aliphatic heterocycles. The highest BCUT2D eigenvalue weighted by Gasteiger charge is 2.42. The Labute approximate surface area is 155 Å². The molecule has 1 aromatic carbocycles. The van der Waals surface area contributed by atoms with Gasteiger partial charge in [-0.15, -0.1) is 12.4 Å². The number of nitrogens with two attached hydrogens (primary N) is 2. The zero-order valence-electron chi connectivity index (χ0n) is 14.8. The van der Waals surface area contributed by atoms with Gasteiger partial charge >= 0.3 is 0 Å². The summed E-state index contributed by atoms with van der Waals surface area (Å²) in [5, 5.41) is 0. The maximum atomic E-state index is 6.23. The Morgan fingerprint density at radius 3 is 2.44 bits per heavy atom. The van der Waals surface area contributed by atoms with E-state index in [1.54, 1.807) is 0 Å². The van der Waals surface area contributed by atoms with Crippen LogP contribution in [-0.4, -0.2) is 24.2 Å². The van der Waals surface area contributed by atoms with Crippen LogP contribution in [0.4, 0.5) is 5.69 Å². The van der Waals surface area contributed by atoms with Gasteiger partial charge in [-0.3, -0.25) is 4.90 Å². The second-order valence-corrected chi connectivity index (χ2v) is 6.51. The average Bonchev–Trinajstić information content (AvgIpc) is 2.56. The average molecular weight is 366 g/mol. The number of rotatable bonds is 5. The number of hydrogen-bond donors (Lipinski definition) is 2. The van der Waals surface area contributed by atoms with E-state index in [2.05, 4.69) is 16.9 Å². The highest BCUT2D eigenvalue weighted by atomic mass is 35.5. The molecular weight excluding hydrogens is 338 g/mol. The molecule has 1 fully saturated rings. The lowest BCUT2D eigenvalue weighted by Gasteiger charge is -2.45. The molecule has 3 rings (SSSR count). The lowest BCUT2D eigenvalue weighted by atomic mass is 9.87. The molecule has 1 saturated carbocycles. The monoisotopic (exact) mass is 365 g/mol. The quantitative estimate of drug-likeness (QED) is 0.782. The zero-order valence-corrected chi connectivity index (χ0v) is 15.6. The molecule has 1 aromatic rings. The van der Waals surface area contributed by atoms with E-state index in [0.29, 0.717) is 5.96 Å². The van der Waals surface area contributed by atoms with Crippen LogP contribution < -0.4 is 21.1 Å². The third-order valence-corrected chi connectivity index (χ3v) is 4.71. The number of ether oxygens (including phenoxy) is 1. The molecule has 0 bridgehead atoms. The number of benzene rings is 1. The first-order valence-corrected chi connectivity index (χ1v) is 8.87. The summed E-state index contributed by atoms with van der Waals surface area (Å²) in [7, 11) is 0. The van der Waals surface area contributed by atoms with Gasteiger partial charge in [0.25, 0.3) is 0 Å². The van der Waals surface area contributed by atoms with Gasteiger partial charge in [0.15, 0.2) is 0 Å². The molecule has 1 aliphatic carbocycles. The first kappa shape index (κ1) is 19.4. The minimum Gasteiger partial charge on any atom is -0.494 e. The van der Waals surface area contributed by atoms with E-state index in [1.807, 2.05) is 29.2 Å². The van der Waals surface area contributed by atoms with Crippen LogP contribution in [-0.2, 0) is 0 Å². The van der Waals surface area contributed by atoms with Gasteiger partial charge in [-0.1, -0.05) is 19.8 Å². The summed E-state index contributed by atoms with van der Waals surface area (Å²) in [6.07, 6.45) is 7.55. The molecule has 0 aromatic heterocycles. The fraction of sp³-hybridized carbons (Fsp3) is 0.556. The number of halogens is 1. The van der Waals surface area contributed by atoms with Crippen LogP contribution >= 0.6 is 12.4 Å². The second-order valence-electron chi connectivity index (χ2n) is 6.51. The maximum absolute atomic E-state index is 6.23. The van der Waals surface area contributed by atoms with Crippen LogP contribution in [0.2, 0.25) is 0 Å². The van der Waals surface area contributed by atoms with Crippen LogP contribution in [0, 0.1) is 0 Å². The molecule has 1 heterocycles. The van der Waals surface area contributed by atoms with Crippen molar-refractivity contribution in [1.29, 1.82) is 0 Å². The molecule has 138 valence electrons. The number of nitrogens with zero attached hydrogens (tertiary/aromatic N) is 3. The molecule has 4 N–H and O–H groups in total. The second kappa shape index (κ2) is 8.43. The molecule has 0 saturated heterocycles. The summed E-state index contributed by atoms with van der Waals surface area (Å²) >= 11 is 0. The number of aliphatic imine (C=N–C) groups is 2. The van der Waals surface area contributed by atoms with Crippen LogP contribution in [0.1, 0.15) is 51.9 Å². The molecule has 2 aliphatic rings. The smallest absolute Gasteiger partial charge is 0.220 e. The number of anilines is 1. The summed E-state index contributed by atoms with van der Waals surface area (Å²) in [6.45, 7) is 2.90. The van der Waals surface area contributed by atoms with E-state index in [4.69, 9.17) is 16.2 Å². The van der Waals surface area contributed by atoms with E-state index in [0.717, 1.165) is 56.6 Å². The Bertz CT molecular complexity index is 623. The molecule has 1 spiro atoms. The van der Waals surface area contributed by atoms with Crippen molar-refractivity contribution in [2.75, 3.05) is 11.5 Å². The van der Waals surface area contributed by atoms with Crippen molar-refractivity contribution in [3.8, 4) is 5.75 Å². The fourth-order valence-electron chi connectivity index (χ4n) is 3.52. The third-order valence-electron chi connectivity index (χ3n) is 4.71. The van der Waals surface area contributed by atoms with Gasteiger partial charge in [0.2, 0.25) is 11.9 Å². The highest BCUT2D eigenvalue weighted by molar-refractivity contribution is 6.05. The molecule has 0 atom stereocenters. The van der Waals surface area contributed by atoms with Crippen molar-refractivity contribution < 1.29 is 4.74 Å². The van der Waals surface area contributed by atoms with E-state index < -0.39 is 5.66 Å². The first-order chi connectivity index (χ1) is 11.6. The van der Waals surface area contributed by atoms with Crippen LogP contribution in [0.25, 0.3) is 0 Å². The van der Waals surface area contributed by atoms with E-state index in [-0.39, 0.29) is 18.4 Å². The van der Waals surface area contributed by atoms with Gasteiger partial charge < -0.3 is 16.2 Å². The standard InChI is InChI=1S/C18H27N5O.ClH/c1-2-3-13-24-15-9-7-14(8-10-15)23-17(20)21-16(19)22-18(23)11-5-4-6-12-18;/h7-10H,2-6,11-13H2,1H3,(H4,19,20,21,22);1H. The Hall–Kier alpha value is -1.95. The van der Waals surface area contributed by atoms with Gasteiger partial charge in [0.1, 0.15) is 11.4 Å². The minimum absolute atomic E-state index is 0. The number of unbranched alkanes of at least 4 members (excludes halogenated alkanes) is 1. The minimum atomic E-state index is -0.390. The number of hydrogen-bond acceptors (Lipinski definition) is 6.